The van der Waals surface area contributed by atoms with Gasteiger partial charge in [0.15, 0.2) is 5.96 Å². The molecule has 0 unspecified atom stereocenters. The van der Waals surface area contributed by atoms with Gasteiger partial charge in [-0.1, -0.05) is 31.2 Å². The van der Waals surface area contributed by atoms with Crippen LogP contribution in [-0.2, 0) is 17.9 Å². The number of aliphatic imine (C=N–C) groups is 1. The fourth-order valence-corrected chi connectivity index (χ4v) is 2.97. The van der Waals surface area contributed by atoms with Gasteiger partial charge in [-0.25, -0.2) is 0 Å². The number of methoxy groups -OCH3 is 1. The molecule has 0 saturated heterocycles. The molecule has 0 atom stereocenters. The minimum Gasteiger partial charge on any atom is -0.380 e. The number of hydrogen-bond acceptors (Lipinski definition) is 2. The van der Waals surface area contributed by atoms with E-state index in [0.717, 1.165) is 18.4 Å². The highest BCUT2D eigenvalue weighted by Crippen LogP contribution is 2.23. The second-order valence-electron chi connectivity index (χ2n) is 6.28. The highest BCUT2D eigenvalue weighted by molar-refractivity contribution is 14.0. The third-order valence-corrected chi connectivity index (χ3v) is 4.34. The van der Waals surface area contributed by atoms with Crippen LogP contribution >= 0.6 is 24.0 Å². The Bertz CT molecular complexity index is 485. The summed E-state index contributed by atoms with van der Waals surface area (Å²) < 4.78 is 5.18. The lowest BCUT2D eigenvalue weighted by molar-refractivity contribution is 0.185. The van der Waals surface area contributed by atoms with Crippen molar-refractivity contribution in [2.45, 2.75) is 51.8 Å². The zero-order chi connectivity index (χ0) is 15.8. The average Bonchev–Trinajstić information content (AvgIpc) is 2.54. The quantitative estimate of drug-likeness (QED) is 0.425. The molecule has 1 fully saturated rings. The van der Waals surface area contributed by atoms with Crippen LogP contribution in [-0.4, -0.2) is 26.2 Å². The van der Waals surface area contributed by atoms with Crippen molar-refractivity contribution in [3.63, 3.8) is 0 Å². The van der Waals surface area contributed by atoms with Crippen LogP contribution in [0.3, 0.4) is 0 Å². The van der Waals surface area contributed by atoms with E-state index < -0.39 is 0 Å². The van der Waals surface area contributed by atoms with E-state index in [4.69, 9.17) is 4.74 Å². The first-order valence-corrected chi connectivity index (χ1v) is 8.25. The minimum atomic E-state index is 0. The smallest absolute Gasteiger partial charge is 0.191 e. The molecule has 0 spiro atoms. The van der Waals surface area contributed by atoms with Gasteiger partial charge in [-0.05, 0) is 42.7 Å². The van der Waals surface area contributed by atoms with Gasteiger partial charge in [0.1, 0.15) is 0 Å². The topological polar surface area (TPSA) is 45.7 Å². The van der Waals surface area contributed by atoms with E-state index in [2.05, 4.69) is 46.8 Å². The van der Waals surface area contributed by atoms with Crippen molar-refractivity contribution in [2.75, 3.05) is 14.2 Å². The average molecular weight is 431 g/mol. The second-order valence-corrected chi connectivity index (χ2v) is 6.28. The number of hydrogen-bond donors (Lipinski definition) is 2. The Hall–Kier alpha value is -0.820. The Morgan fingerprint density at radius 2 is 1.91 bits per heavy atom. The van der Waals surface area contributed by atoms with Crippen LogP contribution in [0.2, 0.25) is 0 Å². The molecule has 0 bridgehead atoms. The number of ether oxygens (including phenoxy) is 1. The second kappa shape index (κ2) is 10.9. The van der Waals surface area contributed by atoms with Crippen molar-refractivity contribution in [1.82, 2.24) is 10.6 Å². The molecule has 1 aromatic rings. The van der Waals surface area contributed by atoms with Gasteiger partial charge in [0.2, 0.25) is 0 Å². The minimum absolute atomic E-state index is 0. The summed E-state index contributed by atoms with van der Waals surface area (Å²) in [6.45, 7) is 3.78. The molecule has 0 aromatic heterocycles. The summed E-state index contributed by atoms with van der Waals surface area (Å²) in [6.07, 6.45) is 5.11. The predicted octanol–water partition coefficient (Wildman–Crippen LogP) is 3.69. The van der Waals surface area contributed by atoms with Crippen LogP contribution in [0.5, 0.6) is 0 Å². The van der Waals surface area contributed by atoms with Crippen LogP contribution < -0.4 is 10.6 Å². The van der Waals surface area contributed by atoms with Gasteiger partial charge in [0, 0.05) is 26.7 Å². The summed E-state index contributed by atoms with van der Waals surface area (Å²) in [5.41, 5.74) is 2.45. The van der Waals surface area contributed by atoms with Gasteiger partial charge in [0.25, 0.3) is 0 Å². The molecule has 0 heterocycles. The summed E-state index contributed by atoms with van der Waals surface area (Å²) in [5.74, 6) is 1.77. The van der Waals surface area contributed by atoms with Crippen molar-refractivity contribution in [3.8, 4) is 0 Å². The van der Waals surface area contributed by atoms with E-state index in [0.29, 0.717) is 12.6 Å². The van der Waals surface area contributed by atoms with Gasteiger partial charge in [-0.2, -0.15) is 0 Å². The Morgan fingerprint density at radius 1 is 1.22 bits per heavy atom. The molecule has 1 aliphatic carbocycles. The van der Waals surface area contributed by atoms with Crippen LogP contribution in [0, 0.1) is 5.92 Å². The lowest BCUT2D eigenvalue weighted by Gasteiger charge is -2.28. The van der Waals surface area contributed by atoms with Crippen LogP contribution in [0.4, 0.5) is 0 Å². The third kappa shape index (κ3) is 7.08. The summed E-state index contributed by atoms with van der Waals surface area (Å²) in [6, 6.07) is 9.02. The number of nitrogens with one attached hydrogen (secondary N) is 2. The molecule has 130 valence electrons. The maximum atomic E-state index is 5.18. The molecule has 0 radical (unpaired) electrons. The Kier molecular flexibility index (Phi) is 9.55. The largest absolute Gasteiger partial charge is 0.380 e. The van der Waals surface area contributed by atoms with Gasteiger partial charge >= 0.3 is 0 Å². The van der Waals surface area contributed by atoms with E-state index in [1.54, 1.807) is 7.11 Å². The number of benzene rings is 1. The molecule has 4 nitrogen and oxygen atoms in total. The third-order valence-electron chi connectivity index (χ3n) is 4.34. The number of halogens is 1. The van der Waals surface area contributed by atoms with Crippen molar-refractivity contribution in [1.29, 1.82) is 0 Å². The fraction of sp³-hybridized carbons (Fsp3) is 0.611. The van der Waals surface area contributed by atoms with Crippen LogP contribution in [0.1, 0.15) is 43.7 Å². The van der Waals surface area contributed by atoms with Crippen molar-refractivity contribution >= 4 is 29.9 Å². The SMILES string of the molecule is CN=C(NCc1cccc(COC)c1)NC1CCC(C)CC1.I. The summed E-state index contributed by atoms with van der Waals surface area (Å²) in [4.78, 5) is 4.34. The van der Waals surface area contributed by atoms with Crippen molar-refractivity contribution < 1.29 is 4.74 Å². The highest BCUT2D eigenvalue weighted by atomic mass is 127. The first-order chi connectivity index (χ1) is 10.7. The van der Waals surface area contributed by atoms with E-state index >= 15 is 0 Å². The molecule has 2 rings (SSSR count). The van der Waals surface area contributed by atoms with E-state index in [9.17, 15) is 0 Å². The molecule has 23 heavy (non-hydrogen) atoms. The maximum Gasteiger partial charge on any atom is 0.191 e. The summed E-state index contributed by atoms with van der Waals surface area (Å²) in [7, 11) is 3.56. The normalized spacial score (nSPS) is 21.4. The monoisotopic (exact) mass is 431 g/mol. The molecule has 2 N–H and O–H groups in total. The molecule has 0 aliphatic heterocycles. The summed E-state index contributed by atoms with van der Waals surface area (Å²) >= 11 is 0. The predicted molar refractivity (Wildman–Crippen MR) is 107 cm³/mol. The lowest BCUT2D eigenvalue weighted by Crippen LogP contribution is -2.44. The van der Waals surface area contributed by atoms with Gasteiger partial charge in [-0.3, -0.25) is 4.99 Å². The van der Waals surface area contributed by atoms with E-state index in [1.807, 2.05) is 7.05 Å². The number of rotatable bonds is 5. The van der Waals surface area contributed by atoms with Crippen LogP contribution in [0.25, 0.3) is 0 Å². The van der Waals surface area contributed by atoms with Gasteiger partial charge in [0.05, 0.1) is 6.61 Å². The van der Waals surface area contributed by atoms with Crippen molar-refractivity contribution in [2.24, 2.45) is 10.9 Å². The first-order valence-electron chi connectivity index (χ1n) is 8.25. The molecule has 1 aliphatic rings. The Morgan fingerprint density at radius 3 is 2.57 bits per heavy atom. The Balaban J connectivity index is 0.00000264. The summed E-state index contributed by atoms with van der Waals surface area (Å²) in [5, 5.41) is 6.96. The van der Waals surface area contributed by atoms with E-state index in [1.165, 1.54) is 36.8 Å². The zero-order valence-electron chi connectivity index (χ0n) is 14.5. The van der Waals surface area contributed by atoms with Crippen LogP contribution in [0.15, 0.2) is 29.3 Å². The zero-order valence-corrected chi connectivity index (χ0v) is 16.8. The van der Waals surface area contributed by atoms with Crippen molar-refractivity contribution in [3.05, 3.63) is 35.4 Å². The Labute approximate surface area is 157 Å². The molecule has 5 heteroatoms. The molecular formula is C18H30IN3O. The van der Waals surface area contributed by atoms with Gasteiger partial charge in [-0.15, -0.1) is 24.0 Å². The molecular weight excluding hydrogens is 401 g/mol. The fourth-order valence-electron chi connectivity index (χ4n) is 2.97. The number of guanidine groups is 1. The first kappa shape index (κ1) is 20.2. The molecule has 1 aromatic carbocycles. The lowest BCUT2D eigenvalue weighted by atomic mass is 9.87. The number of nitrogens with zero attached hydrogens (tertiary/aromatic N) is 1. The molecule has 1 saturated carbocycles. The molecule has 0 amide bonds. The van der Waals surface area contributed by atoms with E-state index in [-0.39, 0.29) is 24.0 Å². The van der Waals surface area contributed by atoms with Gasteiger partial charge < -0.3 is 15.4 Å². The maximum absolute atomic E-state index is 5.18. The highest BCUT2D eigenvalue weighted by Gasteiger charge is 2.18. The standard InChI is InChI=1S/C18H29N3O.HI/c1-14-7-9-17(10-8-14)21-18(19-2)20-12-15-5-4-6-16(11-15)13-22-3;/h4-6,11,14,17H,7-10,12-13H2,1-3H3,(H2,19,20,21);1H.